The second-order valence-corrected chi connectivity index (χ2v) is 14.0. The highest BCUT2D eigenvalue weighted by atomic mass is 31.2. The summed E-state index contributed by atoms with van der Waals surface area (Å²) < 4.78 is 29.9. The Bertz CT molecular complexity index is 1550. The minimum absolute atomic E-state index is 0.0127. The number of nitrogens with zero attached hydrogens (tertiary/aromatic N) is 2. The van der Waals surface area contributed by atoms with E-state index < -0.39 is 55.8 Å². The van der Waals surface area contributed by atoms with Gasteiger partial charge in [0.15, 0.2) is 0 Å². The number of benzene rings is 3. The normalized spacial score (nSPS) is 15.2. The maximum atomic E-state index is 14.7. The van der Waals surface area contributed by atoms with Gasteiger partial charge in [-0.3, -0.25) is 23.7 Å². The van der Waals surface area contributed by atoms with Crippen molar-refractivity contribution in [1.82, 2.24) is 16.0 Å². The monoisotopic (exact) mass is 665 g/mol. The summed E-state index contributed by atoms with van der Waals surface area (Å²) in [7, 11) is -3.64. The molecule has 3 aromatic carbocycles. The smallest absolute Gasteiger partial charge is 0.449 e. The van der Waals surface area contributed by atoms with Crippen LogP contribution in [0.5, 0.6) is 5.75 Å². The van der Waals surface area contributed by atoms with Gasteiger partial charge in [-0.1, -0.05) is 48.5 Å². The minimum atomic E-state index is -3.64. The van der Waals surface area contributed by atoms with E-state index in [-0.39, 0.29) is 6.42 Å². The number of nitrogens with one attached hydrogen (secondary N) is 3. The lowest BCUT2D eigenvalue weighted by Gasteiger charge is -2.31. The lowest BCUT2D eigenvalue weighted by Crippen LogP contribution is -2.54. The molecule has 3 amide bonds. The summed E-state index contributed by atoms with van der Waals surface area (Å²) in [5.41, 5.74) is 1.33. The first-order chi connectivity index (χ1) is 22.2. The predicted octanol–water partition coefficient (Wildman–Crippen LogP) is 4.34. The molecule has 4 N–H and O–H groups in total. The highest BCUT2D eigenvalue weighted by Gasteiger charge is 2.46. The van der Waals surface area contributed by atoms with E-state index >= 15 is 0 Å². The van der Waals surface area contributed by atoms with Crippen LogP contribution in [0, 0.1) is 0 Å². The summed E-state index contributed by atoms with van der Waals surface area (Å²) in [6.45, 7) is 6.80. The maximum absolute atomic E-state index is 14.7. The SMILES string of the molecule is C[C@H](NC(=O)[C@H](Cc1ccc(OP2(=O)N(c3ccccc3)CCN2c2ccccc2)cc1)NC(=O)OC(C)(C)C)C(=O)NCC(=O)O. The Hall–Kier alpha value is -5.03. The van der Waals surface area contributed by atoms with Crippen molar-refractivity contribution in [3.63, 3.8) is 0 Å². The van der Waals surface area contributed by atoms with Gasteiger partial charge in [0.2, 0.25) is 11.8 Å². The number of carbonyl (C=O) groups excluding carboxylic acids is 3. The molecule has 13 nitrogen and oxygen atoms in total. The van der Waals surface area contributed by atoms with Gasteiger partial charge in [0.05, 0.1) is 0 Å². The lowest BCUT2D eigenvalue weighted by molar-refractivity contribution is -0.138. The summed E-state index contributed by atoms with van der Waals surface area (Å²) in [5.74, 6) is -2.27. The van der Waals surface area contributed by atoms with Crippen LogP contribution in [0.25, 0.3) is 0 Å². The van der Waals surface area contributed by atoms with Crippen LogP contribution in [0.2, 0.25) is 0 Å². The Balaban J connectivity index is 1.53. The van der Waals surface area contributed by atoms with Crippen molar-refractivity contribution in [3.05, 3.63) is 90.5 Å². The van der Waals surface area contributed by atoms with Crippen LogP contribution in [0.4, 0.5) is 16.2 Å². The molecule has 4 rings (SSSR count). The third-order valence-electron chi connectivity index (χ3n) is 7.00. The van der Waals surface area contributed by atoms with Crippen molar-refractivity contribution in [3.8, 4) is 5.75 Å². The zero-order valence-electron chi connectivity index (χ0n) is 26.7. The van der Waals surface area contributed by atoms with Crippen LogP contribution in [0.1, 0.15) is 33.3 Å². The van der Waals surface area contributed by atoms with Crippen LogP contribution >= 0.6 is 7.67 Å². The minimum Gasteiger partial charge on any atom is -0.480 e. The Morgan fingerprint density at radius 1 is 0.830 bits per heavy atom. The van der Waals surface area contributed by atoms with Gasteiger partial charge in [0.1, 0.15) is 30.0 Å². The number of anilines is 2. The summed E-state index contributed by atoms with van der Waals surface area (Å²) in [6, 6.07) is 23.2. The molecule has 0 spiro atoms. The molecule has 0 aromatic heterocycles. The van der Waals surface area contributed by atoms with E-state index in [2.05, 4.69) is 16.0 Å². The molecule has 0 unspecified atom stereocenters. The molecule has 1 aliphatic heterocycles. The van der Waals surface area contributed by atoms with Gasteiger partial charge in [0, 0.05) is 30.9 Å². The third-order valence-corrected chi connectivity index (χ3v) is 9.53. The quantitative estimate of drug-likeness (QED) is 0.205. The van der Waals surface area contributed by atoms with Gasteiger partial charge in [-0.2, -0.15) is 0 Å². The van der Waals surface area contributed by atoms with Crippen molar-refractivity contribution >= 4 is 42.9 Å². The second kappa shape index (κ2) is 15.0. The van der Waals surface area contributed by atoms with Gasteiger partial charge in [-0.15, -0.1) is 0 Å². The molecule has 2 atom stereocenters. The Labute approximate surface area is 273 Å². The Morgan fingerprint density at radius 2 is 1.36 bits per heavy atom. The first-order valence-electron chi connectivity index (χ1n) is 15.1. The molecule has 3 aromatic rings. The number of para-hydroxylation sites is 2. The Kier molecular flexibility index (Phi) is 11.1. The van der Waals surface area contributed by atoms with Gasteiger partial charge in [-0.25, -0.2) is 9.36 Å². The fraction of sp³-hybridized carbons (Fsp3) is 0.333. The largest absolute Gasteiger partial charge is 0.480 e. The number of hydrogen-bond donors (Lipinski definition) is 4. The van der Waals surface area contributed by atoms with Crippen molar-refractivity contribution in [1.29, 1.82) is 0 Å². The van der Waals surface area contributed by atoms with Crippen LogP contribution in [-0.4, -0.2) is 66.3 Å². The van der Waals surface area contributed by atoms with Crippen LogP contribution in [0.15, 0.2) is 84.9 Å². The number of ether oxygens (including phenoxy) is 1. The molecule has 0 radical (unpaired) electrons. The fourth-order valence-electron chi connectivity index (χ4n) is 4.84. The maximum Gasteiger partial charge on any atom is 0.449 e. The summed E-state index contributed by atoms with van der Waals surface area (Å²) in [6.07, 6.45) is -0.819. The molecular weight excluding hydrogens is 625 g/mol. The molecule has 1 heterocycles. The van der Waals surface area contributed by atoms with E-state index in [0.29, 0.717) is 24.4 Å². The number of hydrogen-bond acceptors (Lipinski definition) is 7. The average Bonchev–Trinajstić information content (AvgIpc) is 3.36. The topological polar surface area (TPSA) is 167 Å². The van der Waals surface area contributed by atoms with E-state index in [9.17, 15) is 23.7 Å². The molecule has 14 heteroatoms. The van der Waals surface area contributed by atoms with Crippen LogP contribution in [-0.2, 0) is 30.1 Å². The molecule has 0 aliphatic carbocycles. The average molecular weight is 666 g/mol. The summed E-state index contributed by atoms with van der Waals surface area (Å²) >= 11 is 0. The van der Waals surface area contributed by atoms with Gasteiger partial charge in [-0.05, 0) is 69.7 Å². The highest BCUT2D eigenvalue weighted by molar-refractivity contribution is 7.63. The fourth-order valence-corrected chi connectivity index (χ4v) is 7.22. The van der Waals surface area contributed by atoms with Crippen molar-refractivity contribution in [2.24, 2.45) is 0 Å². The molecule has 0 bridgehead atoms. The highest BCUT2D eigenvalue weighted by Crippen LogP contribution is 2.60. The molecular formula is C33H40N5O8P. The number of aliphatic carboxylic acids is 1. The number of carboxylic acids is 1. The van der Waals surface area contributed by atoms with E-state index in [0.717, 1.165) is 11.4 Å². The van der Waals surface area contributed by atoms with Crippen molar-refractivity contribution in [2.75, 3.05) is 29.0 Å². The zero-order chi connectivity index (χ0) is 34.2. The molecule has 47 heavy (non-hydrogen) atoms. The van der Waals surface area contributed by atoms with Crippen LogP contribution in [0.3, 0.4) is 0 Å². The zero-order valence-corrected chi connectivity index (χ0v) is 27.6. The van der Waals surface area contributed by atoms with E-state index in [1.54, 1.807) is 54.4 Å². The molecule has 1 aliphatic rings. The number of alkyl carbamates (subject to hydrolysis) is 1. The van der Waals surface area contributed by atoms with Gasteiger partial charge >= 0.3 is 19.7 Å². The summed E-state index contributed by atoms with van der Waals surface area (Å²) in [4.78, 5) is 48.9. The third kappa shape index (κ3) is 9.49. The standard InChI is InChI=1S/C33H40N5O8P/c1-23(30(41)34-22-29(39)40)35-31(42)28(36-32(43)45-33(2,3)4)21-24-15-17-27(18-16-24)46-47(44)37(25-11-7-5-8-12-25)19-20-38(47)26-13-9-6-10-14-26/h5-18,23,28H,19-22H2,1-4H3,(H,34,41)(H,35,42)(H,36,43)(H,39,40)/t23-,28-/m0/s1. The van der Waals surface area contributed by atoms with E-state index in [1.165, 1.54) is 6.92 Å². The number of carboxylic acid groups (broad SMARTS) is 1. The van der Waals surface area contributed by atoms with Gasteiger partial charge < -0.3 is 30.3 Å². The first-order valence-corrected chi connectivity index (χ1v) is 16.6. The number of amides is 3. The predicted molar refractivity (Wildman–Crippen MR) is 177 cm³/mol. The number of carbonyl (C=O) groups is 4. The van der Waals surface area contributed by atoms with Crippen molar-refractivity contribution in [2.45, 2.75) is 51.8 Å². The molecule has 0 saturated carbocycles. The number of rotatable bonds is 12. The first kappa shape index (κ1) is 34.8. The second-order valence-electron chi connectivity index (χ2n) is 11.9. The van der Waals surface area contributed by atoms with E-state index in [1.807, 2.05) is 60.7 Å². The molecule has 250 valence electrons. The lowest BCUT2D eigenvalue weighted by atomic mass is 10.0. The molecule has 1 saturated heterocycles. The van der Waals surface area contributed by atoms with Crippen LogP contribution < -0.4 is 29.8 Å². The van der Waals surface area contributed by atoms with Crippen molar-refractivity contribution < 1.29 is 38.1 Å². The summed E-state index contributed by atoms with van der Waals surface area (Å²) in [5, 5.41) is 16.1. The van der Waals surface area contributed by atoms with Gasteiger partial charge in [0.25, 0.3) is 0 Å². The van der Waals surface area contributed by atoms with E-state index in [4.69, 9.17) is 14.4 Å². The molecule has 1 fully saturated rings. The Morgan fingerprint density at radius 3 is 1.85 bits per heavy atom.